The van der Waals surface area contributed by atoms with Crippen LogP contribution in [-0.4, -0.2) is 0 Å². The maximum Gasteiger partial charge on any atom is 0.292 e. The van der Waals surface area contributed by atoms with Crippen LogP contribution in [0.4, 0.5) is 5.69 Å². The van der Waals surface area contributed by atoms with E-state index in [1.165, 1.54) is 0 Å². The van der Waals surface area contributed by atoms with E-state index in [9.17, 15) is 0 Å². The predicted octanol–water partition coefficient (Wildman–Crippen LogP) is 2.77. The van der Waals surface area contributed by atoms with Gasteiger partial charge < -0.3 is 10.5 Å². The van der Waals surface area contributed by atoms with Crippen molar-refractivity contribution in [2.24, 2.45) is 0 Å². The molecule has 1 rings (SSSR count). The highest BCUT2D eigenvalue weighted by Gasteiger charge is 1.95. The van der Waals surface area contributed by atoms with Gasteiger partial charge in [-0.15, -0.1) is 11.7 Å². The average Bonchev–Trinajstić information content (AvgIpc) is 2.37. The molecule has 1 aromatic carbocycles. The molecule has 0 amide bonds. The van der Waals surface area contributed by atoms with Gasteiger partial charge in [-0.25, -0.2) is 0 Å². The standard InChI is InChI=1S/C15H14N2O/c1-3-15(18-11-16)9-4-12(2)10-13-5-7-14(17)8-6-13/h1,4-9H,10,17H2,2H3/b12-4+,15-9+. The Labute approximate surface area is 107 Å². The van der Waals surface area contributed by atoms with E-state index < -0.39 is 0 Å². The minimum absolute atomic E-state index is 0.203. The highest BCUT2D eigenvalue weighted by Crippen LogP contribution is 2.11. The third kappa shape index (κ3) is 4.47. The largest absolute Gasteiger partial charge is 0.399 e. The van der Waals surface area contributed by atoms with Gasteiger partial charge in [-0.3, -0.25) is 0 Å². The lowest BCUT2D eigenvalue weighted by Crippen LogP contribution is -1.89. The van der Waals surface area contributed by atoms with Crippen molar-refractivity contribution in [3.8, 4) is 18.6 Å². The fraction of sp³-hybridized carbons (Fsp3) is 0.133. The molecular weight excluding hydrogens is 224 g/mol. The molecular formula is C15H14N2O. The van der Waals surface area contributed by atoms with Crippen molar-refractivity contribution in [2.45, 2.75) is 13.3 Å². The van der Waals surface area contributed by atoms with Gasteiger partial charge >= 0.3 is 0 Å². The Morgan fingerprint density at radius 2 is 2.06 bits per heavy atom. The number of hydrogen-bond acceptors (Lipinski definition) is 3. The van der Waals surface area contributed by atoms with Crippen molar-refractivity contribution in [2.75, 3.05) is 5.73 Å². The number of nitriles is 1. The molecule has 0 radical (unpaired) electrons. The molecule has 0 aliphatic carbocycles. The summed E-state index contributed by atoms with van der Waals surface area (Å²) in [6, 6.07) is 7.68. The molecule has 0 atom stereocenters. The first-order valence-corrected chi connectivity index (χ1v) is 5.40. The average molecular weight is 238 g/mol. The Morgan fingerprint density at radius 3 is 2.61 bits per heavy atom. The van der Waals surface area contributed by atoms with Crippen LogP contribution in [0.15, 0.2) is 47.7 Å². The highest BCUT2D eigenvalue weighted by molar-refractivity contribution is 5.40. The van der Waals surface area contributed by atoms with Gasteiger partial charge in [0.25, 0.3) is 6.26 Å². The topological polar surface area (TPSA) is 59.0 Å². The summed E-state index contributed by atoms with van der Waals surface area (Å²) in [5.74, 6) is 2.49. The Morgan fingerprint density at radius 1 is 1.39 bits per heavy atom. The van der Waals surface area contributed by atoms with E-state index in [-0.39, 0.29) is 5.76 Å². The first-order chi connectivity index (χ1) is 8.65. The molecule has 0 unspecified atom stereocenters. The molecule has 1 aromatic rings. The molecule has 3 nitrogen and oxygen atoms in total. The number of anilines is 1. The summed E-state index contributed by atoms with van der Waals surface area (Å²) < 4.78 is 4.58. The molecule has 0 aromatic heterocycles. The maximum atomic E-state index is 8.35. The van der Waals surface area contributed by atoms with Crippen molar-refractivity contribution in [3.63, 3.8) is 0 Å². The van der Waals surface area contributed by atoms with E-state index in [1.807, 2.05) is 37.3 Å². The fourth-order valence-electron chi connectivity index (χ4n) is 1.40. The van der Waals surface area contributed by atoms with Crippen LogP contribution in [-0.2, 0) is 11.2 Å². The first-order valence-electron chi connectivity index (χ1n) is 5.40. The zero-order valence-electron chi connectivity index (χ0n) is 10.2. The van der Waals surface area contributed by atoms with Gasteiger partial charge in [0.15, 0.2) is 5.76 Å². The lowest BCUT2D eigenvalue weighted by atomic mass is 10.1. The minimum atomic E-state index is 0.203. The van der Waals surface area contributed by atoms with Crippen LogP contribution in [0.5, 0.6) is 0 Å². The Bertz CT molecular complexity index is 539. The van der Waals surface area contributed by atoms with E-state index in [0.717, 1.165) is 23.2 Å². The van der Waals surface area contributed by atoms with E-state index >= 15 is 0 Å². The predicted molar refractivity (Wildman–Crippen MR) is 71.9 cm³/mol. The number of benzene rings is 1. The van der Waals surface area contributed by atoms with E-state index in [4.69, 9.17) is 17.4 Å². The molecule has 0 bridgehead atoms. The zero-order chi connectivity index (χ0) is 13.4. The maximum absolute atomic E-state index is 8.35. The quantitative estimate of drug-likeness (QED) is 0.288. The van der Waals surface area contributed by atoms with Crippen molar-refractivity contribution in [1.29, 1.82) is 5.26 Å². The van der Waals surface area contributed by atoms with Gasteiger partial charge in [-0.1, -0.05) is 23.8 Å². The summed E-state index contributed by atoms with van der Waals surface area (Å²) in [6.45, 7) is 1.98. The number of allylic oxidation sites excluding steroid dienone is 4. The van der Waals surface area contributed by atoms with Gasteiger partial charge in [-0.2, -0.15) is 0 Å². The molecule has 90 valence electrons. The molecule has 0 saturated carbocycles. The van der Waals surface area contributed by atoms with E-state index in [0.29, 0.717) is 0 Å². The van der Waals surface area contributed by atoms with Crippen LogP contribution in [0.3, 0.4) is 0 Å². The van der Waals surface area contributed by atoms with Crippen LogP contribution in [0.2, 0.25) is 0 Å². The van der Waals surface area contributed by atoms with Gasteiger partial charge in [0.05, 0.1) is 0 Å². The highest BCUT2D eigenvalue weighted by atomic mass is 16.5. The molecule has 0 saturated heterocycles. The van der Waals surface area contributed by atoms with Crippen molar-refractivity contribution >= 4 is 5.69 Å². The monoisotopic (exact) mass is 238 g/mol. The number of terminal acetylenes is 1. The normalized spacial score (nSPS) is 11.5. The number of nitrogens with zero attached hydrogens (tertiary/aromatic N) is 1. The van der Waals surface area contributed by atoms with Gasteiger partial charge in [0.2, 0.25) is 0 Å². The molecule has 0 aliphatic rings. The smallest absolute Gasteiger partial charge is 0.292 e. The second kappa shape index (κ2) is 6.83. The Hall–Kier alpha value is -2.65. The minimum Gasteiger partial charge on any atom is -0.399 e. The van der Waals surface area contributed by atoms with Crippen molar-refractivity contribution in [1.82, 2.24) is 0 Å². The van der Waals surface area contributed by atoms with E-state index in [1.54, 1.807) is 12.3 Å². The second-order valence-corrected chi connectivity index (χ2v) is 3.80. The van der Waals surface area contributed by atoms with Crippen molar-refractivity contribution in [3.05, 3.63) is 53.3 Å². The van der Waals surface area contributed by atoms with E-state index in [2.05, 4.69) is 10.7 Å². The SMILES string of the molecule is C#C/C(=C\C=C(/C)Cc1ccc(N)cc1)OC#N. The van der Waals surface area contributed by atoms with Crippen LogP contribution >= 0.6 is 0 Å². The van der Waals surface area contributed by atoms with Crippen LogP contribution in [0.25, 0.3) is 0 Å². The number of hydrogen-bond donors (Lipinski definition) is 1. The number of nitrogen functional groups attached to an aromatic ring is 1. The summed E-state index contributed by atoms with van der Waals surface area (Å²) >= 11 is 0. The summed E-state index contributed by atoms with van der Waals surface area (Å²) in [7, 11) is 0. The number of rotatable bonds is 4. The lowest BCUT2D eigenvalue weighted by molar-refractivity contribution is 0.398. The summed E-state index contributed by atoms with van der Waals surface area (Å²) in [5.41, 5.74) is 8.63. The third-order valence-corrected chi connectivity index (χ3v) is 2.28. The molecule has 0 aliphatic heterocycles. The molecule has 2 N–H and O–H groups in total. The summed E-state index contributed by atoms with van der Waals surface area (Å²) in [5, 5.41) is 8.35. The molecule has 0 spiro atoms. The summed E-state index contributed by atoms with van der Waals surface area (Å²) in [6.07, 6.45) is 11.0. The third-order valence-electron chi connectivity index (χ3n) is 2.28. The molecule has 0 heterocycles. The van der Waals surface area contributed by atoms with Gasteiger partial charge in [-0.05, 0) is 43.0 Å². The van der Waals surface area contributed by atoms with Crippen LogP contribution < -0.4 is 5.73 Å². The first kappa shape index (κ1) is 13.4. The molecule has 0 fully saturated rings. The van der Waals surface area contributed by atoms with Crippen molar-refractivity contribution < 1.29 is 4.74 Å². The van der Waals surface area contributed by atoms with Crippen LogP contribution in [0, 0.1) is 23.9 Å². The fourth-order valence-corrected chi connectivity index (χ4v) is 1.40. The Balaban J connectivity index is 2.71. The molecule has 18 heavy (non-hydrogen) atoms. The van der Waals surface area contributed by atoms with Gasteiger partial charge in [0, 0.05) is 5.69 Å². The Kier molecular flexibility index (Phi) is 5.09. The number of ether oxygens (including phenoxy) is 1. The molecule has 3 heteroatoms. The lowest BCUT2D eigenvalue weighted by Gasteiger charge is -2.01. The van der Waals surface area contributed by atoms with Gasteiger partial charge in [0.1, 0.15) is 0 Å². The van der Waals surface area contributed by atoms with Crippen LogP contribution in [0.1, 0.15) is 12.5 Å². The summed E-state index contributed by atoms with van der Waals surface area (Å²) in [4.78, 5) is 0. The second-order valence-electron chi connectivity index (χ2n) is 3.80. The number of nitrogens with two attached hydrogens (primary N) is 1. The zero-order valence-corrected chi connectivity index (χ0v) is 10.2.